The fourth-order valence-electron chi connectivity index (χ4n) is 2.66. The van der Waals surface area contributed by atoms with Crippen LogP contribution in [0.3, 0.4) is 0 Å². The minimum absolute atomic E-state index is 0.162. The third-order valence-electron chi connectivity index (χ3n) is 3.91. The van der Waals surface area contributed by atoms with Crippen LogP contribution in [0.25, 0.3) is 0 Å². The van der Waals surface area contributed by atoms with Crippen molar-refractivity contribution in [1.29, 1.82) is 0 Å². The van der Waals surface area contributed by atoms with Crippen molar-refractivity contribution in [2.45, 2.75) is 11.8 Å². The van der Waals surface area contributed by atoms with E-state index < -0.39 is 9.84 Å². The van der Waals surface area contributed by atoms with Gasteiger partial charge in [-0.2, -0.15) is 0 Å². The van der Waals surface area contributed by atoms with E-state index in [1.54, 1.807) is 0 Å². The molecule has 0 amide bonds. The molecule has 0 aliphatic carbocycles. The van der Waals surface area contributed by atoms with Crippen molar-refractivity contribution in [3.63, 3.8) is 0 Å². The van der Waals surface area contributed by atoms with Gasteiger partial charge in [0, 0.05) is 20.5 Å². The summed E-state index contributed by atoms with van der Waals surface area (Å²) in [5.74, 6) is 0.772. The highest BCUT2D eigenvalue weighted by Crippen LogP contribution is 2.42. The average Bonchev–Trinajstić information content (AvgIpc) is 2.74. The molecule has 1 aliphatic heterocycles. The summed E-state index contributed by atoms with van der Waals surface area (Å²) in [6.45, 7) is 0. The normalized spacial score (nSPS) is 22.6. The Balaban J connectivity index is 2.40. The molecule has 1 aromatic rings. The first kappa shape index (κ1) is 16.0. The van der Waals surface area contributed by atoms with Crippen LogP contribution in [0.15, 0.2) is 28.7 Å². The predicted octanol–water partition coefficient (Wildman–Crippen LogP) is 3.91. The zero-order valence-corrected chi connectivity index (χ0v) is 15.9. The minimum Gasteiger partial charge on any atom is -0.229 e. The maximum Gasteiger partial charge on any atom is 0.150 e. The maximum absolute atomic E-state index is 11.8. The van der Waals surface area contributed by atoms with Gasteiger partial charge in [0.1, 0.15) is 0 Å². The van der Waals surface area contributed by atoms with Crippen molar-refractivity contribution < 1.29 is 8.42 Å². The number of benzene rings is 1. The third kappa shape index (κ3) is 3.27. The highest BCUT2D eigenvalue weighted by molar-refractivity contribution is 9.10. The molecule has 1 fully saturated rings. The van der Waals surface area contributed by atoms with Crippen molar-refractivity contribution in [2.24, 2.45) is 5.92 Å². The van der Waals surface area contributed by atoms with E-state index in [0.717, 1.165) is 21.6 Å². The third-order valence-corrected chi connectivity index (χ3v) is 8.21. The van der Waals surface area contributed by atoms with E-state index in [1.807, 2.05) is 12.1 Å². The molecule has 1 saturated heterocycles. The molecule has 0 aromatic heterocycles. The second kappa shape index (κ2) is 6.16. The Kier molecular flexibility index (Phi) is 5.18. The van der Waals surface area contributed by atoms with Crippen LogP contribution in [0.1, 0.15) is 12.0 Å². The van der Waals surface area contributed by atoms with Gasteiger partial charge in [-0.05, 0) is 30.0 Å². The topological polar surface area (TPSA) is 34.1 Å². The molecular formula is C13H15Br3O2S. The Morgan fingerprint density at radius 3 is 2.16 bits per heavy atom. The SMILES string of the molecule is O=S1(=O)CCC(C(CBr)(CBr)c2ccc(Br)cc2)C1. The van der Waals surface area contributed by atoms with Crippen LogP contribution in [0, 0.1) is 5.92 Å². The summed E-state index contributed by atoms with van der Waals surface area (Å²) in [7, 11) is -2.87. The zero-order valence-electron chi connectivity index (χ0n) is 10.3. The first-order chi connectivity index (χ1) is 8.93. The fraction of sp³-hybridized carbons (Fsp3) is 0.538. The molecule has 6 heteroatoms. The van der Waals surface area contributed by atoms with Crippen LogP contribution in [-0.4, -0.2) is 30.6 Å². The van der Waals surface area contributed by atoms with Crippen LogP contribution in [0.2, 0.25) is 0 Å². The zero-order chi connectivity index (χ0) is 14.1. The first-order valence-electron chi connectivity index (χ1n) is 6.02. The number of hydrogen-bond donors (Lipinski definition) is 0. The standard InChI is InChI=1S/C13H15Br3O2S/c14-8-13(9-15,10-1-3-12(16)4-2-10)11-5-6-19(17,18)7-11/h1-4,11H,5-9H2. The second-order valence-electron chi connectivity index (χ2n) is 5.03. The van der Waals surface area contributed by atoms with Crippen molar-refractivity contribution >= 4 is 57.6 Å². The second-order valence-corrected chi connectivity index (χ2v) is 9.30. The molecule has 1 aliphatic rings. The average molecular weight is 475 g/mol. The summed E-state index contributed by atoms with van der Waals surface area (Å²) in [6.07, 6.45) is 0.746. The molecule has 0 radical (unpaired) electrons. The quantitative estimate of drug-likeness (QED) is 0.620. The monoisotopic (exact) mass is 472 g/mol. The van der Waals surface area contributed by atoms with E-state index in [0.29, 0.717) is 11.5 Å². The van der Waals surface area contributed by atoms with E-state index in [9.17, 15) is 8.42 Å². The largest absolute Gasteiger partial charge is 0.229 e. The van der Waals surface area contributed by atoms with E-state index in [2.05, 4.69) is 59.9 Å². The van der Waals surface area contributed by atoms with Crippen molar-refractivity contribution in [1.82, 2.24) is 0 Å². The van der Waals surface area contributed by atoms with Gasteiger partial charge in [0.15, 0.2) is 9.84 Å². The molecule has 1 heterocycles. The summed E-state index contributed by atoms with van der Waals surface area (Å²) in [4.78, 5) is 0. The molecule has 0 bridgehead atoms. The molecule has 19 heavy (non-hydrogen) atoms. The smallest absolute Gasteiger partial charge is 0.150 e. The van der Waals surface area contributed by atoms with Crippen LogP contribution >= 0.6 is 47.8 Å². The maximum atomic E-state index is 11.8. The van der Waals surface area contributed by atoms with E-state index in [-0.39, 0.29) is 11.3 Å². The summed E-state index contributed by atoms with van der Waals surface area (Å²) < 4.78 is 24.6. The first-order valence-corrected chi connectivity index (χ1v) is 10.9. The minimum atomic E-state index is -2.87. The predicted molar refractivity (Wildman–Crippen MR) is 90.2 cm³/mol. The molecular weight excluding hydrogens is 460 g/mol. The van der Waals surface area contributed by atoms with Crippen molar-refractivity contribution in [3.05, 3.63) is 34.3 Å². The van der Waals surface area contributed by atoms with Gasteiger partial charge < -0.3 is 0 Å². The molecule has 2 nitrogen and oxygen atoms in total. The van der Waals surface area contributed by atoms with Gasteiger partial charge in [-0.3, -0.25) is 0 Å². The number of hydrogen-bond acceptors (Lipinski definition) is 2. The van der Waals surface area contributed by atoms with Crippen LogP contribution in [-0.2, 0) is 15.3 Å². The van der Waals surface area contributed by atoms with Gasteiger partial charge >= 0.3 is 0 Å². The molecule has 1 atom stereocenters. The van der Waals surface area contributed by atoms with Gasteiger partial charge in [0.2, 0.25) is 0 Å². The van der Waals surface area contributed by atoms with Gasteiger partial charge in [0.25, 0.3) is 0 Å². The summed E-state index contributed by atoms with van der Waals surface area (Å²) in [6, 6.07) is 8.19. The van der Waals surface area contributed by atoms with Crippen LogP contribution < -0.4 is 0 Å². The number of alkyl halides is 2. The van der Waals surface area contributed by atoms with Gasteiger partial charge in [0.05, 0.1) is 11.5 Å². The Hall–Kier alpha value is 0.610. The number of halogens is 3. The highest BCUT2D eigenvalue weighted by Gasteiger charge is 2.44. The number of sulfone groups is 1. The van der Waals surface area contributed by atoms with E-state index >= 15 is 0 Å². The lowest BCUT2D eigenvalue weighted by molar-refractivity contribution is 0.369. The summed E-state index contributed by atoms with van der Waals surface area (Å²) in [5.41, 5.74) is 1.02. The van der Waals surface area contributed by atoms with Crippen LogP contribution in [0.4, 0.5) is 0 Å². The lowest BCUT2D eigenvalue weighted by Crippen LogP contribution is -2.39. The highest BCUT2D eigenvalue weighted by atomic mass is 79.9. The molecule has 106 valence electrons. The molecule has 0 spiro atoms. The number of rotatable bonds is 4. The summed E-state index contributed by atoms with van der Waals surface area (Å²) in [5, 5.41) is 1.51. The molecule has 0 saturated carbocycles. The Labute approximate surface area is 139 Å². The molecule has 1 unspecified atom stereocenters. The Bertz CT molecular complexity index is 536. The van der Waals surface area contributed by atoms with Gasteiger partial charge in [-0.1, -0.05) is 59.9 Å². The Morgan fingerprint density at radius 2 is 1.74 bits per heavy atom. The summed E-state index contributed by atoms with van der Waals surface area (Å²) >= 11 is 10.6. The Morgan fingerprint density at radius 1 is 1.16 bits per heavy atom. The lowest BCUT2D eigenvalue weighted by Gasteiger charge is -2.36. The lowest BCUT2D eigenvalue weighted by atomic mass is 9.73. The fourth-order valence-corrected chi connectivity index (χ4v) is 7.32. The van der Waals surface area contributed by atoms with Crippen molar-refractivity contribution in [2.75, 3.05) is 22.2 Å². The van der Waals surface area contributed by atoms with Crippen molar-refractivity contribution in [3.8, 4) is 0 Å². The molecule has 0 N–H and O–H groups in total. The molecule has 2 rings (SSSR count). The van der Waals surface area contributed by atoms with Crippen LogP contribution in [0.5, 0.6) is 0 Å². The van der Waals surface area contributed by atoms with Gasteiger partial charge in [-0.15, -0.1) is 0 Å². The van der Waals surface area contributed by atoms with E-state index in [1.165, 1.54) is 5.56 Å². The van der Waals surface area contributed by atoms with E-state index in [4.69, 9.17) is 0 Å². The molecule has 1 aromatic carbocycles. The van der Waals surface area contributed by atoms with Gasteiger partial charge in [-0.25, -0.2) is 8.42 Å².